The Balaban J connectivity index is 2.15. The van der Waals surface area contributed by atoms with E-state index in [0.29, 0.717) is 37.4 Å². The molecule has 0 aliphatic heterocycles. The molecule has 1 aromatic heterocycles. The number of nitrogens with one attached hydrogen (secondary N) is 3. The highest BCUT2D eigenvalue weighted by molar-refractivity contribution is 7.98. The molecule has 48 heavy (non-hydrogen) atoms. The average Bonchev–Trinajstić information content (AvgIpc) is 3.42. The molecule has 2 amide bonds. The second-order valence-electron chi connectivity index (χ2n) is 11.7. The summed E-state index contributed by atoms with van der Waals surface area (Å²) in [4.78, 5) is 68.4. The highest BCUT2D eigenvalue weighted by Crippen LogP contribution is 2.17. The number of carbonyl (C=O) groups is 5. The second kappa shape index (κ2) is 21.1. The van der Waals surface area contributed by atoms with Gasteiger partial charge in [0.05, 0.1) is 44.9 Å². The second-order valence-corrected chi connectivity index (χ2v) is 12.7. The molecule has 0 saturated carbocycles. The maximum Gasteiger partial charge on any atom is 0.328 e. The minimum atomic E-state index is -0.940. The van der Waals surface area contributed by atoms with Crippen molar-refractivity contribution >= 4 is 41.5 Å². The molecule has 3 N–H and O–H groups in total. The molecule has 1 aromatic carbocycles. The van der Waals surface area contributed by atoms with E-state index < -0.39 is 47.9 Å². The highest BCUT2D eigenvalue weighted by Gasteiger charge is 2.31. The van der Waals surface area contributed by atoms with E-state index in [1.54, 1.807) is 24.9 Å². The Kier molecular flexibility index (Phi) is 17.7. The van der Waals surface area contributed by atoms with Crippen molar-refractivity contribution in [1.29, 1.82) is 0 Å². The van der Waals surface area contributed by atoms with Crippen molar-refractivity contribution in [3.8, 4) is 0 Å². The van der Waals surface area contributed by atoms with Gasteiger partial charge in [-0.2, -0.15) is 11.8 Å². The number of benzene rings is 1. The van der Waals surface area contributed by atoms with E-state index in [9.17, 15) is 24.0 Å². The summed E-state index contributed by atoms with van der Waals surface area (Å²) in [7, 11) is 4.41. The minimum Gasteiger partial charge on any atom is -0.469 e. The van der Waals surface area contributed by atoms with Crippen molar-refractivity contribution in [3.05, 3.63) is 53.6 Å². The van der Waals surface area contributed by atoms with Gasteiger partial charge in [-0.1, -0.05) is 44.2 Å². The Bertz CT molecular complexity index is 1340. The van der Waals surface area contributed by atoms with E-state index >= 15 is 0 Å². The fourth-order valence-electron chi connectivity index (χ4n) is 5.14. The molecule has 4 atom stereocenters. The Hall–Kier alpha value is -3.91. The van der Waals surface area contributed by atoms with Crippen LogP contribution in [0.4, 0.5) is 0 Å². The smallest absolute Gasteiger partial charge is 0.328 e. The monoisotopic (exact) mass is 689 g/mol. The highest BCUT2D eigenvalue weighted by atomic mass is 32.2. The topological polar surface area (TPSA) is 167 Å². The predicted molar refractivity (Wildman–Crippen MR) is 183 cm³/mol. The first-order valence-electron chi connectivity index (χ1n) is 16.1. The molecule has 0 saturated heterocycles. The molecule has 0 aliphatic carbocycles. The molecule has 0 spiro atoms. The minimum absolute atomic E-state index is 0.0744. The Labute approximate surface area is 287 Å². The number of aromatic nitrogens is 2. The number of amides is 2. The van der Waals surface area contributed by atoms with Gasteiger partial charge in [-0.05, 0) is 43.3 Å². The van der Waals surface area contributed by atoms with Crippen LogP contribution in [-0.2, 0) is 64.6 Å². The van der Waals surface area contributed by atoms with Crippen LogP contribution in [0.15, 0.2) is 36.5 Å². The van der Waals surface area contributed by atoms with Crippen molar-refractivity contribution < 1.29 is 38.2 Å². The van der Waals surface area contributed by atoms with Crippen molar-refractivity contribution in [1.82, 2.24) is 25.5 Å². The Morgan fingerprint density at radius 1 is 0.938 bits per heavy atom. The van der Waals surface area contributed by atoms with E-state index in [1.807, 2.05) is 62.0 Å². The van der Waals surface area contributed by atoms with Gasteiger partial charge in [-0.25, -0.2) is 9.78 Å². The maximum absolute atomic E-state index is 13.7. The van der Waals surface area contributed by atoms with Gasteiger partial charge in [0.1, 0.15) is 17.9 Å². The number of methoxy groups -OCH3 is 2. The van der Waals surface area contributed by atoms with Gasteiger partial charge < -0.3 is 29.4 Å². The van der Waals surface area contributed by atoms with Gasteiger partial charge in [0.25, 0.3) is 0 Å². The molecule has 1 unspecified atom stereocenters. The van der Waals surface area contributed by atoms with Gasteiger partial charge >= 0.3 is 17.9 Å². The van der Waals surface area contributed by atoms with Crippen LogP contribution in [0.3, 0.4) is 0 Å². The number of hydrogen-bond acceptors (Lipinski definition) is 11. The molecule has 266 valence electrons. The fraction of sp³-hybridized carbons (Fsp3) is 0.588. The standard InChI is InChI=1S/C34H51N5O8S/c1-8-47-29(40)19-24(33(43)45-5)14-15-28-35-20-25(39(28)4)21-36-30(22(2)3)32(42)38-27(18-23-12-10-9-11-13-23)31(41)37-26(16-17-48-7)34(44)46-6/h9-13,20,22,24,26-27,30,36H,8,14-19,21H2,1-7H3,(H,37,41)(H,38,42)/t24?,26-,27-,30-/m0/s1. The number of nitrogens with zero attached hydrogens (tertiary/aromatic N) is 2. The summed E-state index contributed by atoms with van der Waals surface area (Å²) in [5.41, 5.74) is 1.65. The lowest BCUT2D eigenvalue weighted by Crippen LogP contribution is -2.57. The molecular weight excluding hydrogens is 638 g/mol. The molecule has 2 aromatic rings. The molecule has 0 radical (unpaired) electrons. The average molecular weight is 690 g/mol. The third-order valence-electron chi connectivity index (χ3n) is 7.93. The first kappa shape index (κ1) is 40.3. The molecular formula is C34H51N5O8S. The van der Waals surface area contributed by atoms with Gasteiger partial charge in [-0.3, -0.25) is 24.5 Å². The van der Waals surface area contributed by atoms with Gasteiger partial charge in [-0.15, -0.1) is 0 Å². The van der Waals surface area contributed by atoms with Crippen molar-refractivity contribution in [2.45, 2.75) is 77.5 Å². The van der Waals surface area contributed by atoms with Crippen LogP contribution in [0.25, 0.3) is 0 Å². The quantitative estimate of drug-likeness (QED) is 0.130. The van der Waals surface area contributed by atoms with E-state index in [4.69, 9.17) is 14.2 Å². The van der Waals surface area contributed by atoms with Crippen LogP contribution < -0.4 is 16.0 Å². The van der Waals surface area contributed by atoms with E-state index in [0.717, 1.165) is 11.3 Å². The van der Waals surface area contributed by atoms with Crippen LogP contribution >= 0.6 is 11.8 Å². The van der Waals surface area contributed by atoms with E-state index in [2.05, 4.69) is 20.9 Å². The predicted octanol–water partition coefficient (Wildman–Crippen LogP) is 2.35. The molecule has 2 rings (SSSR count). The van der Waals surface area contributed by atoms with Gasteiger partial charge in [0, 0.05) is 32.6 Å². The van der Waals surface area contributed by atoms with Crippen LogP contribution in [0.5, 0.6) is 0 Å². The molecule has 14 heteroatoms. The largest absolute Gasteiger partial charge is 0.469 e. The lowest BCUT2D eigenvalue weighted by molar-refractivity contribution is -0.153. The van der Waals surface area contributed by atoms with Crippen molar-refractivity contribution in [2.24, 2.45) is 18.9 Å². The number of ether oxygens (including phenoxy) is 3. The number of carbonyl (C=O) groups excluding carboxylic acids is 5. The van der Waals surface area contributed by atoms with Crippen LogP contribution in [-0.4, -0.2) is 90.2 Å². The number of thioether (sulfide) groups is 1. The number of hydrogen-bond donors (Lipinski definition) is 3. The summed E-state index contributed by atoms with van der Waals surface area (Å²) in [6.07, 6.45) is 4.92. The lowest BCUT2D eigenvalue weighted by atomic mass is 9.99. The first-order valence-corrected chi connectivity index (χ1v) is 17.5. The molecule has 1 heterocycles. The fourth-order valence-corrected chi connectivity index (χ4v) is 5.62. The zero-order chi connectivity index (χ0) is 35.6. The number of rotatable bonds is 21. The molecule has 0 bridgehead atoms. The summed E-state index contributed by atoms with van der Waals surface area (Å²) in [5.74, 6) is -1.76. The molecule has 13 nitrogen and oxygen atoms in total. The summed E-state index contributed by atoms with van der Waals surface area (Å²) < 4.78 is 16.7. The first-order chi connectivity index (χ1) is 22.9. The lowest BCUT2D eigenvalue weighted by Gasteiger charge is -2.26. The number of aryl methyl sites for hydroxylation is 1. The number of esters is 3. The molecule has 0 aliphatic rings. The zero-order valence-electron chi connectivity index (χ0n) is 29.1. The summed E-state index contributed by atoms with van der Waals surface area (Å²) in [6.45, 7) is 6.05. The SMILES string of the molecule is CCOC(=O)CC(CCc1ncc(CN[C@H](C(=O)N[C@@H](Cc2ccccc2)C(=O)N[C@@H](CCSC)C(=O)OC)C(C)C)n1C)C(=O)OC. The number of imidazole rings is 1. The van der Waals surface area contributed by atoms with E-state index in [1.165, 1.54) is 14.2 Å². The van der Waals surface area contributed by atoms with Crippen LogP contribution in [0.2, 0.25) is 0 Å². The normalized spacial score (nSPS) is 13.6. The van der Waals surface area contributed by atoms with Gasteiger partial charge in [0.2, 0.25) is 11.8 Å². The third kappa shape index (κ3) is 12.9. The Morgan fingerprint density at radius 3 is 2.21 bits per heavy atom. The van der Waals surface area contributed by atoms with Crippen LogP contribution in [0, 0.1) is 11.8 Å². The zero-order valence-corrected chi connectivity index (χ0v) is 29.9. The summed E-state index contributed by atoms with van der Waals surface area (Å²) in [6, 6.07) is 6.91. The molecule has 0 fully saturated rings. The van der Waals surface area contributed by atoms with Gasteiger partial charge in [0.15, 0.2) is 0 Å². The summed E-state index contributed by atoms with van der Waals surface area (Å²) in [5, 5.41) is 9.01. The van der Waals surface area contributed by atoms with E-state index in [-0.39, 0.29) is 31.3 Å². The van der Waals surface area contributed by atoms with Crippen LogP contribution in [0.1, 0.15) is 57.1 Å². The third-order valence-corrected chi connectivity index (χ3v) is 8.57. The van der Waals surface area contributed by atoms with Crippen molar-refractivity contribution in [3.63, 3.8) is 0 Å². The maximum atomic E-state index is 13.7. The van der Waals surface area contributed by atoms with Crippen molar-refractivity contribution in [2.75, 3.05) is 32.8 Å². The Morgan fingerprint density at radius 2 is 1.60 bits per heavy atom. The summed E-state index contributed by atoms with van der Waals surface area (Å²) >= 11 is 1.55.